The van der Waals surface area contributed by atoms with Gasteiger partial charge in [0.25, 0.3) is 5.69 Å². The van der Waals surface area contributed by atoms with Gasteiger partial charge in [-0.1, -0.05) is 23.8 Å². The topological polar surface area (TPSA) is 83.8 Å². The Morgan fingerprint density at radius 1 is 1.00 bits per heavy atom. The summed E-state index contributed by atoms with van der Waals surface area (Å²) in [5, 5.41) is 10.9. The number of benzene rings is 2. The van der Waals surface area contributed by atoms with Crippen LogP contribution in [0, 0.1) is 17.0 Å². The molecule has 1 fully saturated rings. The monoisotopic (exact) mass is 361 g/mol. The molecule has 1 heterocycles. The summed E-state index contributed by atoms with van der Waals surface area (Å²) in [6.45, 7) is 3.87. The van der Waals surface area contributed by atoms with Gasteiger partial charge in [0.1, 0.15) is 0 Å². The van der Waals surface area contributed by atoms with Gasteiger partial charge in [-0.2, -0.15) is 4.31 Å². The summed E-state index contributed by atoms with van der Waals surface area (Å²) < 4.78 is 26.9. The smallest absolute Gasteiger partial charge is 0.270 e. The molecule has 0 unspecified atom stereocenters. The summed E-state index contributed by atoms with van der Waals surface area (Å²) in [5.41, 5.74) is 2.02. The highest BCUT2D eigenvalue weighted by molar-refractivity contribution is 7.89. The average Bonchev–Trinajstić information content (AvgIpc) is 2.62. The number of hydrogen-bond donors (Lipinski definition) is 0. The fourth-order valence-corrected chi connectivity index (χ4v) is 4.31. The van der Waals surface area contributed by atoms with Crippen LogP contribution in [0.5, 0.6) is 0 Å². The molecule has 1 aliphatic heterocycles. The second-order valence-electron chi connectivity index (χ2n) is 5.98. The minimum Gasteiger partial charge on any atom is -0.369 e. The van der Waals surface area contributed by atoms with Crippen molar-refractivity contribution in [3.63, 3.8) is 0 Å². The lowest BCUT2D eigenvalue weighted by molar-refractivity contribution is -0.385. The molecule has 0 saturated carbocycles. The lowest BCUT2D eigenvalue weighted by Gasteiger charge is -2.35. The largest absolute Gasteiger partial charge is 0.369 e. The molecule has 2 aromatic carbocycles. The number of nitro benzene ring substituents is 1. The quantitative estimate of drug-likeness (QED) is 0.617. The molecular weight excluding hydrogens is 342 g/mol. The maximum absolute atomic E-state index is 12.7. The Morgan fingerprint density at radius 3 is 2.24 bits per heavy atom. The third-order valence-corrected chi connectivity index (χ3v) is 6.20. The second-order valence-corrected chi connectivity index (χ2v) is 7.92. The predicted octanol–water partition coefficient (Wildman–Crippen LogP) is 2.41. The predicted molar refractivity (Wildman–Crippen MR) is 95.2 cm³/mol. The standard InChI is InChI=1S/C17H19N3O4S/c1-14-5-7-15(8-6-14)18-9-11-19(12-10-18)25(23,24)17-4-2-3-16(13-17)20(21)22/h2-8,13H,9-12H2,1H3. The molecule has 3 rings (SSSR count). The first-order valence-corrected chi connectivity index (χ1v) is 9.38. The van der Waals surface area contributed by atoms with E-state index >= 15 is 0 Å². The first kappa shape index (κ1) is 17.4. The summed E-state index contributed by atoms with van der Waals surface area (Å²) in [7, 11) is -3.73. The number of anilines is 1. The molecule has 7 nitrogen and oxygen atoms in total. The van der Waals surface area contributed by atoms with Gasteiger partial charge in [-0.25, -0.2) is 8.42 Å². The fourth-order valence-electron chi connectivity index (χ4n) is 2.85. The van der Waals surface area contributed by atoms with Gasteiger partial charge in [-0.3, -0.25) is 10.1 Å². The van der Waals surface area contributed by atoms with Crippen molar-refractivity contribution in [2.24, 2.45) is 0 Å². The molecule has 2 aromatic rings. The normalized spacial score (nSPS) is 16.0. The number of sulfonamides is 1. The molecule has 8 heteroatoms. The lowest BCUT2D eigenvalue weighted by Crippen LogP contribution is -2.48. The molecule has 1 saturated heterocycles. The number of aryl methyl sites for hydroxylation is 1. The molecule has 25 heavy (non-hydrogen) atoms. The zero-order valence-electron chi connectivity index (χ0n) is 13.8. The van der Waals surface area contributed by atoms with Crippen LogP contribution in [0.2, 0.25) is 0 Å². The van der Waals surface area contributed by atoms with E-state index in [0.29, 0.717) is 26.2 Å². The van der Waals surface area contributed by atoms with E-state index in [1.807, 2.05) is 31.2 Å². The zero-order chi connectivity index (χ0) is 18.0. The number of piperazine rings is 1. The first-order valence-electron chi connectivity index (χ1n) is 7.94. The minimum atomic E-state index is -3.73. The van der Waals surface area contributed by atoms with Gasteiger partial charge in [0.15, 0.2) is 0 Å². The van der Waals surface area contributed by atoms with E-state index in [4.69, 9.17) is 0 Å². The van der Waals surface area contributed by atoms with Gasteiger partial charge < -0.3 is 4.90 Å². The Balaban J connectivity index is 1.74. The average molecular weight is 361 g/mol. The van der Waals surface area contributed by atoms with Crippen molar-refractivity contribution in [1.82, 2.24) is 4.31 Å². The van der Waals surface area contributed by atoms with Crippen LogP contribution in [-0.4, -0.2) is 43.8 Å². The van der Waals surface area contributed by atoms with Crippen molar-refractivity contribution >= 4 is 21.4 Å². The van der Waals surface area contributed by atoms with Gasteiger partial charge in [0.05, 0.1) is 9.82 Å². The van der Waals surface area contributed by atoms with Crippen molar-refractivity contribution in [2.75, 3.05) is 31.1 Å². The molecular formula is C17H19N3O4S. The van der Waals surface area contributed by atoms with E-state index < -0.39 is 14.9 Å². The third-order valence-electron chi connectivity index (χ3n) is 4.30. The van der Waals surface area contributed by atoms with Crippen LogP contribution in [0.3, 0.4) is 0 Å². The van der Waals surface area contributed by atoms with Crippen molar-refractivity contribution in [3.05, 3.63) is 64.2 Å². The molecule has 1 aliphatic rings. The molecule has 0 aromatic heterocycles. The van der Waals surface area contributed by atoms with E-state index in [9.17, 15) is 18.5 Å². The summed E-state index contributed by atoms with van der Waals surface area (Å²) >= 11 is 0. The van der Waals surface area contributed by atoms with E-state index in [1.54, 1.807) is 0 Å². The van der Waals surface area contributed by atoms with Crippen LogP contribution < -0.4 is 4.90 Å². The molecule has 0 spiro atoms. The highest BCUT2D eigenvalue weighted by Gasteiger charge is 2.29. The molecule has 0 aliphatic carbocycles. The van der Waals surface area contributed by atoms with E-state index in [2.05, 4.69) is 4.90 Å². The number of nitro groups is 1. The van der Waals surface area contributed by atoms with E-state index in [0.717, 1.165) is 11.8 Å². The van der Waals surface area contributed by atoms with Crippen LogP contribution in [-0.2, 0) is 10.0 Å². The molecule has 0 bridgehead atoms. The van der Waals surface area contributed by atoms with Gasteiger partial charge in [-0.05, 0) is 25.1 Å². The summed E-state index contributed by atoms with van der Waals surface area (Å²) in [6.07, 6.45) is 0. The Labute approximate surface area is 146 Å². The number of non-ortho nitro benzene ring substituents is 1. The van der Waals surface area contributed by atoms with Crippen molar-refractivity contribution in [3.8, 4) is 0 Å². The Hall–Kier alpha value is -2.45. The molecule has 132 valence electrons. The van der Waals surface area contributed by atoms with Crippen LogP contribution in [0.4, 0.5) is 11.4 Å². The fraction of sp³-hybridized carbons (Fsp3) is 0.294. The van der Waals surface area contributed by atoms with Gasteiger partial charge >= 0.3 is 0 Å². The lowest BCUT2D eigenvalue weighted by atomic mass is 10.2. The summed E-state index contributed by atoms with van der Waals surface area (Å²) in [5.74, 6) is 0. The first-order chi connectivity index (χ1) is 11.9. The molecule has 0 amide bonds. The van der Waals surface area contributed by atoms with Gasteiger partial charge in [0.2, 0.25) is 10.0 Å². The Kier molecular flexibility index (Phi) is 4.73. The Bertz CT molecular complexity index is 873. The summed E-state index contributed by atoms with van der Waals surface area (Å²) in [4.78, 5) is 12.4. The highest BCUT2D eigenvalue weighted by atomic mass is 32.2. The van der Waals surface area contributed by atoms with Crippen molar-refractivity contribution < 1.29 is 13.3 Å². The van der Waals surface area contributed by atoms with Crippen LogP contribution in [0.25, 0.3) is 0 Å². The van der Waals surface area contributed by atoms with E-state index in [-0.39, 0.29) is 10.6 Å². The minimum absolute atomic E-state index is 0.0366. The Morgan fingerprint density at radius 2 is 1.64 bits per heavy atom. The van der Waals surface area contributed by atoms with Crippen molar-refractivity contribution in [1.29, 1.82) is 0 Å². The van der Waals surface area contributed by atoms with Crippen LogP contribution in [0.1, 0.15) is 5.56 Å². The summed E-state index contributed by atoms with van der Waals surface area (Å²) in [6, 6.07) is 13.3. The number of nitrogens with zero attached hydrogens (tertiary/aromatic N) is 3. The number of hydrogen-bond acceptors (Lipinski definition) is 5. The molecule has 0 atom stereocenters. The zero-order valence-corrected chi connectivity index (χ0v) is 14.6. The van der Waals surface area contributed by atoms with Gasteiger partial charge in [0, 0.05) is 44.0 Å². The van der Waals surface area contributed by atoms with E-state index in [1.165, 1.54) is 28.1 Å². The highest BCUT2D eigenvalue weighted by Crippen LogP contribution is 2.23. The maximum Gasteiger partial charge on any atom is 0.270 e. The third kappa shape index (κ3) is 3.64. The molecule has 0 radical (unpaired) electrons. The van der Waals surface area contributed by atoms with Crippen LogP contribution >= 0.6 is 0 Å². The van der Waals surface area contributed by atoms with Crippen molar-refractivity contribution in [2.45, 2.75) is 11.8 Å². The van der Waals surface area contributed by atoms with Gasteiger partial charge in [-0.15, -0.1) is 0 Å². The SMILES string of the molecule is Cc1ccc(N2CCN(S(=O)(=O)c3cccc([N+](=O)[O-])c3)CC2)cc1. The maximum atomic E-state index is 12.7. The molecule has 0 N–H and O–H groups in total. The number of rotatable bonds is 4. The van der Waals surface area contributed by atoms with Crippen LogP contribution in [0.15, 0.2) is 53.4 Å². The second kappa shape index (κ2) is 6.81.